The Bertz CT molecular complexity index is 992. The summed E-state index contributed by atoms with van der Waals surface area (Å²) in [4.78, 5) is 13.9. The molecule has 4 nitrogen and oxygen atoms in total. The van der Waals surface area contributed by atoms with Crippen molar-refractivity contribution in [1.82, 2.24) is 0 Å². The Hall–Kier alpha value is -3.27. The molecule has 0 bridgehead atoms. The first-order chi connectivity index (χ1) is 15.6. The third-order valence-electron chi connectivity index (χ3n) is 5.58. The summed E-state index contributed by atoms with van der Waals surface area (Å²) in [5.41, 5.74) is 5.79. The maximum absolute atomic E-state index is 11.4. The molecule has 2 N–H and O–H groups in total. The molecule has 0 aromatic heterocycles. The van der Waals surface area contributed by atoms with E-state index in [-0.39, 0.29) is 5.56 Å². The molecule has 0 saturated carbocycles. The summed E-state index contributed by atoms with van der Waals surface area (Å²) in [6.07, 6.45) is 5.50. The molecule has 0 radical (unpaired) electrons. The topological polar surface area (TPSA) is 52.6 Å². The third kappa shape index (κ3) is 6.61. The molecular formula is C28H34N2O2. The second-order valence-electron chi connectivity index (χ2n) is 8.18. The molecule has 0 spiro atoms. The average Bonchev–Trinajstić information content (AvgIpc) is 2.80. The number of aromatic carboxylic acids is 1. The molecule has 0 amide bonds. The number of carboxylic acids is 1. The van der Waals surface area contributed by atoms with Crippen molar-refractivity contribution in [2.24, 2.45) is 0 Å². The highest BCUT2D eigenvalue weighted by atomic mass is 16.4. The Morgan fingerprint density at radius 1 is 0.844 bits per heavy atom. The van der Waals surface area contributed by atoms with Crippen LogP contribution in [0.3, 0.4) is 0 Å². The molecule has 0 aliphatic heterocycles. The minimum absolute atomic E-state index is 0.273. The highest BCUT2D eigenvalue weighted by molar-refractivity contribution is 5.95. The van der Waals surface area contributed by atoms with E-state index in [0.717, 1.165) is 50.9 Å². The summed E-state index contributed by atoms with van der Waals surface area (Å²) in [5.74, 6) is -0.929. The number of carbonyl (C=O) groups is 1. The van der Waals surface area contributed by atoms with Crippen molar-refractivity contribution >= 4 is 23.0 Å². The standard InChI is InChI=1S/C28H34N2O2/c1-3-19-30(20-4-2)25-12-8-11-23(21-25)10-7-9-22-15-17-24(18-16-22)29-27-14-6-5-13-26(27)28(31)32/h5-6,8,11-18,21,29H,3-4,7,9-10,19-20H2,1-2H3,(H,31,32). The number of nitrogens with one attached hydrogen (secondary N) is 1. The van der Waals surface area contributed by atoms with Crippen molar-refractivity contribution in [3.8, 4) is 0 Å². The summed E-state index contributed by atoms with van der Waals surface area (Å²) in [7, 11) is 0. The molecule has 168 valence electrons. The van der Waals surface area contributed by atoms with Crippen molar-refractivity contribution in [3.63, 3.8) is 0 Å². The third-order valence-corrected chi connectivity index (χ3v) is 5.58. The van der Waals surface area contributed by atoms with Crippen LogP contribution < -0.4 is 10.2 Å². The van der Waals surface area contributed by atoms with Gasteiger partial charge in [-0.05, 0) is 79.6 Å². The number of benzene rings is 3. The van der Waals surface area contributed by atoms with Crippen LogP contribution in [0.2, 0.25) is 0 Å². The van der Waals surface area contributed by atoms with Crippen molar-refractivity contribution < 1.29 is 9.90 Å². The van der Waals surface area contributed by atoms with Gasteiger partial charge in [0.05, 0.1) is 11.3 Å². The first-order valence-electron chi connectivity index (χ1n) is 11.6. The van der Waals surface area contributed by atoms with Gasteiger partial charge in [-0.2, -0.15) is 0 Å². The minimum atomic E-state index is -0.929. The van der Waals surface area contributed by atoms with E-state index in [1.807, 2.05) is 18.2 Å². The Morgan fingerprint density at radius 3 is 2.22 bits per heavy atom. The molecule has 0 aliphatic carbocycles. The van der Waals surface area contributed by atoms with Gasteiger partial charge in [-0.3, -0.25) is 0 Å². The number of hydrogen-bond donors (Lipinski definition) is 2. The van der Waals surface area contributed by atoms with Crippen LogP contribution in [-0.4, -0.2) is 24.2 Å². The van der Waals surface area contributed by atoms with Crippen LogP contribution in [0.15, 0.2) is 72.8 Å². The van der Waals surface area contributed by atoms with E-state index in [1.165, 1.54) is 16.8 Å². The number of hydrogen-bond acceptors (Lipinski definition) is 3. The second kappa shape index (κ2) is 11.9. The minimum Gasteiger partial charge on any atom is -0.478 e. The first kappa shape index (κ1) is 23.4. The largest absolute Gasteiger partial charge is 0.478 e. The number of carboxylic acid groups (broad SMARTS) is 1. The molecule has 32 heavy (non-hydrogen) atoms. The Kier molecular flexibility index (Phi) is 8.73. The van der Waals surface area contributed by atoms with Gasteiger partial charge in [0, 0.05) is 24.5 Å². The van der Waals surface area contributed by atoms with E-state index in [0.29, 0.717) is 5.69 Å². The number of aryl methyl sites for hydroxylation is 2. The van der Waals surface area contributed by atoms with Gasteiger partial charge >= 0.3 is 5.97 Å². The summed E-state index contributed by atoms with van der Waals surface area (Å²) >= 11 is 0. The fourth-order valence-electron chi connectivity index (χ4n) is 4.00. The van der Waals surface area contributed by atoms with Crippen molar-refractivity contribution in [2.45, 2.75) is 46.0 Å². The number of anilines is 3. The van der Waals surface area contributed by atoms with Crippen molar-refractivity contribution in [2.75, 3.05) is 23.3 Å². The van der Waals surface area contributed by atoms with E-state index in [1.54, 1.807) is 18.2 Å². The Morgan fingerprint density at radius 2 is 1.53 bits per heavy atom. The molecule has 0 fully saturated rings. The zero-order valence-corrected chi connectivity index (χ0v) is 19.2. The normalized spacial score (nSPS) is 10.7. The monoisotopic (exact) mass is 430 g/mol. The van der Waals surface area contributed by atoms with Crippen LogP contribution in [0.1, 0.15) is 54.6 Å². The fraction of sp³-hybridized carbons (Fsp3) is 0.321. The van der Waals surface area contributed by atoms with Crippen LogP contribution in [0.4, 0.5) is 17.1 Å². The lowest BCUT2D eigenvalue weighted by Gasteiger charge is -2.24. The number of nitrogens with zero attached hydrogens (tertiary/aromatic N) is 1. The van der Waals surface area contributed by atoms with Crippen molar-refractivity contribution in [3.05, 3.63) is 89.5 Å². The zero-order valence-electron chi connectivity index (χ0n) is 19.2. The van der Waals surface area contributed by atoms with Crippen LogP contribution in [0, 0.1) is 0 Å². The molecule has 3 aromatic carbocycles. The molecule has 0 saturated heterocycles. The maximum atomic E-state index is 11.4. The smallest absolute Gasteiger partial charge is 0.337 e. The maximum Gasteiger partial charge on any atom is 0.337 e. The van der Waals surface area contributed by atoms with Gasteiger partial charge in [0.25, 0.3) is 0 Å². The Labute approximate surface area is 191 Å². The van der Waals surface area contributed by atoms with Gasteiger partial charge in [0.2, 0.25) is 0 Å². The first-order valence-corrected chi connectivity index (χ1v) is 11.6. The van der Waals surface area contributed by atoms with E-state index in [2.05, 4.69) is 60.5 Å². The van der Waals surface area contributed by atoms with Gasteiger partial charge in [-0.25, -0.2) is 4.79 Å². The van der Waals surface area contributed by atoms with E-state index < -0.39 is 5.97 Å². The van der Waals surface area contributed by atoms with Crippen LogP contribution >= 0.6 is 0 Å². The molecular weight excluding hydrogens is 396 g/mol. The lowest BCUT2D eigenvalue weighted by molar-refractivity contribution is 0.0698. The summed E-state index contributed by atoms with van der Waals surface area (Å²) in [6, 6.07) is 24.2. The Balaban J connectivity index is 1.55. The van der Waals surface area contributed by atoms with Gasteiger partial charge in [0.1, 0.15) is 0 Å². The molecule has 0 heterocycles. The average molecular weight is 431 g/mol. The van der Waals surface area contributed by atoms with Crippen LogP contribution in [0.25, 0.3) is 0 Å². The second-order valence-corrected chi connectivity index (χ2v) is 8.18. The SMILES string of the molecule is CCCN(CCC)c1cccc(CCCc2ccc(Nc3ccccc3C(=O)O)cc2)c1. The molecule has 0 aliphatic rings. The lowest BCUT2D eigenvalue weighted by atomic mass is 10.0. The van der Waals surface area contributed by atoms with Crippen LogP contribution in [0.5, 0.6) is 0 Å². The van der Waals surface area contributed by atoms with E-state index >= 15 is 0 Å². The van der Waals surface area contributed by atoms with E-state index in [9.17, 15) is 9.90 Å². The molecule has 3 rings (SSSR count). The number of rotatable bonds is 12. The van der Waals surface area contributed by atoms with Gasteiger partial charge in [0.15, 0.2) is 0 Å². The van der Waals surface area contributed by atoms with Gasteiger partial charge in [-0.15, -0.1) is 0 Å². The molecule has 0 unspecified atom stereocenters. The summed E-state index contributed by atoms with van der Waals surface area (Å²) in [5, 5.41) is 12.6. The highest BCUT2D eigenvalue weighted by Gasteiger charge is 2.09. The lowest BCUT2D eigenvalue weighted by Crippen LogP contribution is -2.24. The van der Waals surface area contributed by atoms with Crippen molar-refractivity contribution in [1.29, 1.82) is 0 Å². The van der Waals surface area contributed by atoms with Crippen LogP contribution in [-0.2, 0) is 12.8 Å². The molecule has 4 heteroatoms. The highest BCUT2D eigenvalue weighted by Crippen LogP contribution is 2.22. The van der Waals surface area contributed by atoms with Gasteiger partial charge in [-0.1, -0.05) is 50.2 Å². The fourth-order valence-corrected chi connectivity index (χ4v) is 4.00. The summed E-state index contributed by atoms with van der Waals surface area (Å²) in [6.45, 7) is 6.68. The quantitative estimate of drug-likeness (QED) is 0.327. The number of para-hydroxylation sites is 1. The van der Waals surface area contributed by atoms with E-state index in [4.69, 9.17) is 0 Å². The molecule has 0 atom stereocenters. The predicted octanol–water partition coefficient (Wildman–Crippen LogP) is 6.93. The molecule has 3 aromatic rings. The predicted molar refractivity (Wildman–Crippen MR) is 134 cm³/mol. The zero-order chi connectivity index (χ0) is 22.8. The van der Waals surface area contributed by atoms with Gasteiger partial charge < -0.3 is 15.3 Å². The summed E-state index contributed by atoms with van der Waals surface area (Å²) < 4.78 is 0.